The number of fused-ring (bicyclic) bond motifs is 6. The Morgan fingerprint density at radius 3 is 1.08 bits per heavy atom. The van der Waals surface area contributed by atoms with Gasteiger partial charge in [0, 0.05) is 72.4 Å². The number of pyridine rings is 1. The van der Waals surface area contributed by atoms with E-state index < -0.39 is 0 Å². The molecule has 7 heteroatoms. The summed E-state index contributed by atoms with van der Waals surface area (Å²) in [4.78, 5) is 10.7. The maximum Gasteiger partial charge on any atom is 0.147 e. The molecule has 92 heavy (non-hydrogen) atoms. The van der Waals surface area contributed by atoms with Gasteiger partial charge in [0.1, 0.15) is 18.0 Å². The number of anilines is 6. The van der Waals surface area contributed by atoms with Crippen molar-refractivity contribution in [2.45, 2.75) is 0 Å². The SMILES string of the molecule is N#Cc1ccc(-c2c(-c3ccccc3)c(-n3c4ccccc4c4cc(-c5ccc(N(c6ccccc6)c6ccccc6)cc5)ccc43)nc(-c3ccccc3)c2-n2c3ccccc3c3cc(-c4ccc(N(c5ccccc5)c5ccccc5)cc4)ccc32)cc1C#N. The number of aromatic nitrogens is 3. The van der Waals surface area contributed by atoms with Crippen LogP contribution in [-0.4, -0.2) is 14.1 Å². The van der Waals surface area contributed by atoms with Gasteiger partial charge in [0.15, 0.2) is 0 Å². The van der Waals surface area contributed by atoms with Crippen molar-refractivity contribution in [3.8, 4) is 79.4 Å². The van der Waals surface area contributed by atoms with Gasteiger partial charge in [0.05, 0.1) is 44.6 Å². The third kappa shape index (κ3) is 9.59. The van der Waals surface area contributed by atoms with Crippen LogP contribution in [0.5, 0.6) is 0 Å². The van der Waals surface area contributed by atoms with Crippen molar-refractivity contribution >= 4 is 77.7 Å². The number of para-hydroxylation sites is 6. The van der Waals surface area contributed by atoms with Crippen molar-refractivity contribution in [1.29, 1.82) is 10.5 Å². The van der Waals surface area contributed by atoms with Gasteiger partial charge in [0.2, 0.25) is 0 Å². The molecule has 0 bridgehead atoms. The number of hydrogen-bond donors (Lipinski definition) is 0. The van der Waals surface area contributed by atoms with Gasteiger partial charge in [-0.1, -0.05) is 212 Å². The van der Waals surface area contributed by atoms with Crippen molar-refractivity contribution in [2.75, 3.05) is 9.80 Å². The van der Waals surface area contributed by atoms with E-state index in [1.807, 2.05) is 48.5 Å². The summed E-state index contributed by atoms with van der Waals surface area (Å²) >= 11 is 0. The number of benzene rings is 13. The Hall–Kier alpha value is -12.8. The summed E-state index contributed by atoms with van der Waals surface area (Å²) in [5.74, 6) is 0.714. The molecule has 0 N–H and O–H groups in total. The molecular formula is C85H55N7. The summed E-state index contributed by atoms with van der Waals surface area (Å²) in [5.41, 5.74) is 21.2. The Morgan fingerprint density at radius 1 is 0.261 bits per heavy atom. The molecule has 3 heterocycles. The highest BCUT2D eigenvalue weighted by Gasteiger charge is 2.30. The lowest BCUT2D eigenvalue weighted by Crippen LogP contribution is -2.10. The first-order valence-electron chi connectivity index (χ1n) is 30.8. The third-order valence-corrected chi connectivity index (χ3v) is 17.6. The lowest BCUT2D eigenvalue weighted by Gasteiger charge is -2.25. The molecule has 7 nitrogen and oxygen atoms in total. The van der Waals surface area contributed by atoms with Crippen LogP contribution in [0.2, 0.25) is 0 Å². The normalized spacial score (nSPS) is 11.2. The zero-order chi connectivity index (χ0) is 61.5. The third-order valence-electron chi connectivity index (χ3n) is 17.6. The zero-order valence-corrected chi connectivity index (χ0v) is 49.9. The van der Waals surface area contributed by atoms with Gasteiger partial charge < -0.3 is 14.4 Å². The first-order chi connectivity index (χ1) is 45.6. The molecule has 16 aromatic rings. The van der Waals surface area contributed by atoms with Crippen LogP contribution >= 0.6 is 0 Å². The Kier molecular flexibility index (Phi) is 13.9. The Bertz CT molecular complexity index is 5420. The second kappa shape index (κ2) is 23.4. The summed E-state index contributed by atoms with van der Waals surface area (Å²) in [6.45, 7) is 0. The summed E-state index contributed by atoms with van der Waals surface area (Å²) in [7, 11) is 0. The lowest BCUT2D eigenvalue weighted by molar-refractivity contribution is 1.06. The van der Waals surface area contributed by atoms with E-state index in [2.05, 4.69) is 310 Å². The molecule has 0 unspecified atom stereocenters. The molecule has 0 amide bonds. The average Bonchev–Trinajstić information content (AvgIpc) is 1.51. The highest BCUT2D eigenvalue weighted by Crippen LogP contribution is 2.50. The lowest BCUT2D eigenvalue weighted by atomic mass is 9.89. The molecule has 0 saturated carbocycles. The molecule has 0 atom stereocenters. The van der Waals surface area contributed by atoms with Crippen LogP contribution in [0.15, 0.2) is 334 Å². The molecule has 3 aromatic heterocycles. The highest BCUT2D eigenvalue weighted by molar-refractivity contribution is 6.14. The van der Waals surface area contributed by atoms with Gasteiger partial charge in [0.25, 0.3) is 0 Å². The van der Waals surface area contributed by atoms with Gasteiger partial charge in [-0.3, -0.25) is 4.57 Å². The molecule has 0 spiro atoms. The largest absolute Gasteiger partial charge is 0.311 e. The molecule has 0 aliphatic rings. The summed E-state index contributed by atoms with van der Waals surface area (Å²) in [6.07, 6.45) is 0. The van der Waals surface area contributed by atoms with Crippen molar-refractivity contribution in [3.63, 3.8) is 0 Å². The predicted molar refractivity (Wildman–Crippen MR) is 379 cm³/mol. The first-order valence-corrected chi connectivity index (χ1v) is 30.8. The van der Waals surface area contributed by atoms with Crippen LogP contribution in [0.1, 0.15) is 11.1 Å². The minimum Gasteiger partial charge on any atom is -0.311 e. The quantitative estimate of drug-likeness (QED) is 0.115. The smallest absolute Gasteiger partial charge is 0.147 e. The van der Waals surface area contributed by atoms with E-state index in [4.69, 9.17) is 4.98 Å². The van der Waals surface area contributed by atoms with Crippen molar-refractivity contribution in [2.24, 2.45) is 0 Å². The molecule has 0 radical (unpaired) electrons. The fraction of sp³-hybridized carbons (Fsp3) is 0. The van der Waals surface area contributed by atoms with Gasteiger partial charge in [-0.2, -0.15) is 10.5 Å². The van der Waals surface area contributed by atoms with Crippen LogP contribution in [0, 0.1) is 22.7 Å². The molecule has 0 aliphatic carbocycles. The maximum atomic E-state index is 10.9. The molecule has 16 rings (SSSR count). The summed E-state index contributed by atoms with van der Waals surface area (Å²) in [5, 5.41) is 25.7. The van der Waals surface area contributed by atoms with Gasteiger partial charge in [-0.15, -0.1) is 0 Å². The molecule has 0 saturated heterocycles. The standard InChI is InChI=1S/C85H55N7/c86-56-65-40-39-64(53-66(65)57-87)81-82(60-23-7-1-8-24-60)85(92-78-38-22-20-36-74(78)76-55-63(46-52-80(76)92)59-43-49-72(50-44-59)90(69-31-15-5-16-32-69)70-33-17-6-18-34-70)88-83(61-25-9-2-10-26-61)84(81)91-77-37-21-19-35-73(77)75-54-62(45-51-79(75)91)58-41-47-71(48-42-58)89(67-27-11-3-12-28-67)68-29-13-4-14-30-68/h1-55H. The van der Waals surface area contributed by atoms with Crippen LogP contribution in [0.25, 0.3) is 111 Å². The van der Waals surface area contributed by atoms with E-state index >= 15 is 0 Å². The second-order valence-corrected chi connectivity index (χ2v) is 22.9. The van der Waals surface area contributed by atoms with Crippen molar-refractivity contribution in [1.82, 2.24) is 14.1 Å². The van der Waals surface area contributed by atoms with Crippen LogP contribution in [0.4, 0.5) is 34.1 Å². The second-order valence-electron chi connectivity index (χ2n) is 22.9. The fourth-order valence-electron chi connectivity index (χ4n) is 13.4. The van der Waals surface area contributed by atoms with E-state index in [-0.39, 0.29) is 5.56 Å². The number of rotatable bonds is 13. The summed E-state index contributed by atoms with van der Waals surface area (Å²) < 4.78 is 4.71. The molecule has 0 aliphatic heterocycles. The van der Waals surface area contributed by atoms with E-state index in [0.29, 0.717) is 11.4 Å². The maximum absolute atomic E-state index is 10.9. The molecule has 13 aromatic carbocycles. The van der Waals surface area contributed by atoms with E-state index in [1.165, 1.54) is 0 Å². The Balaban J connectivity index is 0.926. The Labute approximate surface area is 533 Å². The van der Waals surface area contributed by atoms with Gasteiger partial charge in [-0.25, -0.2) is 4.98 Å². The highest BCUT2D eigenvalue weighted by atomic mass is 15.1. The van der Waals surface area contributed by atoms with Gasteiger partial charge in [-0.05, 0) is 155 Å². The molecule has 0 fully saturated rings. The van der Waals surface area contributed by atoms with Crippen molar-refractivity contribution < 1.29 is 0 Å². The van der Waals surface area contributed by atoms with E-state index in [1.54, 1.807) is 6.07 Å². The number of nitriles is 2. The minimum atomic E-state index is 0.286. The van der Waals surface area contributed by atoms with Crippen LogP contribution in [0.3, 0.4) is 0 Å². The van der Waals surface area contributed by atoms with E-state index in [9.17, 15) is 10.5 Å². The Morgan fingerprint density at radius 2 is 0.620 bits per heavy atom. The predicted octanol–water partition coefficient (Wildman–Crippen LogP) is 22.3. The van der Waals surface area contributed by atoms with E-state index in [0.717, 1.165) is 139 Å². The minimum absolute atomic E-state index is 0.286. The zero-order valence-electron chi connectivity index (χ0n) is 49.9. The molecular weight excluding hydrogens is 1120 g/mol. The van der Waals surface area contributed by atoms with Crippen LogP contribution in [-0.2, 0) is 0 Å². The molecule has 430 valence electrons. The fourth-order valence-corrected chi connectivity index (χ4v) is 13.4. The number of nitrogens with zero attached hydrogens (tertiary/aromatic N) is 7. The van der Waals surface area contributed by atoms with Crippen molar-refractivity contribution in [3.05, 3.63) is 345 Å². The average molecular weight is 1170 g/mol. The number of hydrogen-bond acceptors (Lipinski definition) is 5. The first kappa shape index (κ1) is 54.6. The monoisotopic (exact) mass is 1170 g/mol. The van der Waals surface area contributed by atoms with Gasteiger partial charge >= 0.3 is 0 Å². The van der Waals surface area contributed by atoms with Crippen LogP contribution < -0.4 is 9.80 Å². The summed E-state index contributed by atoms with van der Waals surface area (Å²) in [6, 6.07) is 122. The topological polar surface area (TPSA) is 76.8 Å².